The third-order valence-corrected chi connectivity index (χ3v) is 6.31. The first-order chi connectivity index (χ1) is 20.3. The summed E-state index contributed by atoms with van der Waals surface area (Å²) in [4.78, 5) is 29.7. The second kappa shape index (κ2) is 10.6. The quantitative estimate of drug-likeness (QED) is 0.270. The van der Waals surface area contributed by atoms with E-state index in [9.17, 15) is 0 Å². The fourth-order valence-electron chi connectivity index (χ4n) is 4.50. The fourth-order valence-corrected chi connectivity index (χ4v) is 4.50. The minimum absolute atomic E-state index is 0.609. The third kappa shape index (κ3) is 4.68. The van der Waals surface area contributed by atoms with Crippen LogP contribution >= 0.6 is 0 Å². The van der Waals surface area contributed by atoms with Crippen LogP contribution in [0.4, 0.5) is 17.3 Å². The van der Waals surface area contributed by atoms with Gasteiger partial charge in [-0.3, -0.25) is 24.8 Å². The number of nitrogens with zero attached hydrogens (tertiary/aromatic N) is 11. The summed E-state index contributed by atoms with van der Waals surface area (Å²) < 4.78 is 3.44. The van der Waals surface area contributed by atoms with E-state index in [-0.39, 0.29) is 0 Å². The van der Waals surface area contributed by atoms with Crippen molar-refractivity contribution in [1.82, 2.24) is 49.5 Å². The Balaban J connectivity index is 1.43. The Kier molecular flexibility index (Phi) is 6.19. The lowest BCUT2D eigenvalue weighted by Gasteiger charge is -2.25. The molecule has 0 radical (unpaired) electrons. The van der Waals surface area contributed by atoms with Crippen LogP contribution in [0.1, 0.15) is 0 Å². The van der Waals surface area contributed by atoms with Gasteiger partial charge in [0.25, 0.3) is 0 Å². The Morgan fingerprint density at radius 1 is 0.512 bits per heavy atom. The lowest BCUT2D eigenvalue weighted by Crippen LogP contribution is -2.16. The van der Waals surface area contributed by atoms with Crippen molar-refractivity contribution >= 4 is 17.3 Å². The third-order valence-electron chi connectivity index (χ3n) is 6.31. The highest BCUT2D eigenvalue weighted by molar-refractivity contribution is 5.78. The van der Waals surface area contributed by atoms with Gasteiger partial charge in [0.05, 0.1) is 23.8 Å². The van der Waals surface area contributed by atoms with Crippen molar-refractivity contribution in [2.75, 3.05) is 4.90 Å². The number of rotatable bonds is 7. The average Bonchev–Trinajstić information content (AvgIpc) is 3.78. The molecule has 6 aromatic heterocycles. The highest BCUT2D eigenvalue weighted by atomic mass is 15.3. The summed E-state index contributed by atoms with van der Waals surface area (Å²) in [5, 5.41) is 8.92. The van der Waals surface area contributed by atoms with Gasteiger partial charge in [0.2, 0.25) is 0 Å². The molecule has 7 aromatic rings. The molecule has 0 amide bonds. The van der Waals surface area contributed by atoms with Gasteiger partial charge in [-0.15, -0.1) is 0 Å². The van der Waals surface area contributed by atoms with E-state index < -0.39 is 0 Å². The molecule has 0 aliphatic carbocycles. The van der Waals surface area contributed by atoms with Crippen molar-refractivity contribution in [1.29, 1.82) is 0 Å². The monoisotopic (exact) mass is 535 g/mol. The summed E-state index contributed by atoms with van der Waals surface area (Å²) in [6, 6.07) is 21.5. The second-order valence-electron chi connectivity index (χ2n) is 8.83. The molecule has 0 spiro atoms. The van der Waals surface area contributed by atoms with E-state index in [2.05, 4.69) is 30.1 Å². The number of anilines is 3. The summed E-state index contributed by atoms with van der Waals surface area (Å²) in [7, 11) is 0. The molecule has 0 unspecified atom stereocenters. The van der Waals surface area contributed by atoms with Crippen LogP contribution < -0.4 is 4.90 Å². The van der Waals surface area contributed by atoms with Gasteiger partial charge >= 0.3 is 0 Å². The molecule has 0 atom stereocenters. The van der Waals surface area contributed by atoms with E-state index in [1.165, 1.54) is 0 Å². The van der Waals surface area contributed by atoms with Crippen LogP contribution in [-0.4, -0.2) is 49.5 Å². The van der Waals surface area contributed by atoms with Crippen LogP contribution in [0.3, 0.4) is 0 Å². The molecule has 0 bridgehead atoms. The van der Waals surface area contributed by atoms with Crippen LogP contribution in [0.2, 0.25) is 0 Å². The maximum absolute atomic E-state index is 5.09. The molecular weight excluding hydrogens is 514 g/mol. The summed E-state index contributed by atoms with van der Waals surface area (Å²) in [5.41, 5.74) is 3.85. The Morgan fingerprint density at radius 3 is 1.49 bits per heavy atom. The minimum Gasteiger partial charge on any atom is -0.279 e. The molecule has 0 aliphatic rings. The van der Waals surface area contributed by atoms with Gasteiger partial charge in [0.1, 0.15) is 11.6 Å². The molecule has 7 rings (SSSR count). The van der Waals surface area contributed by atoms with Gasteiger partial charge in [0.15, 0.2) is 11.6 Å². The van der Waals surface area contributed by atoms with E-state index in [1.54, 1.807) is 58.9 Å². The minimum atomic E-state index is 0.609. The molecule has 41 heavy (non-hydrogen) atoms. The second-order valence-corrected chi connectivity index (χ2v) is 8.83. The van der Waals surface area contributed by atoms with Gasteiger partial charge in [-0.05, 0) is 48.5 Å². The molecule has 0 fully saturated rings. The largest absolute Gasteiger partial charge is 0.279 e. The first-order valence-corrected chi connectivity index (χ1v) is 12.8. The predicted octanol–water partition coefficient (Wildman–Crippen LogP) is 5.23. The molecule has 11 nitrogen and oxygen atoms in total. The van der Waals surface area contributed by atoms with Crippen LogP contribution in [0, 0.1) is 0 Å². The van der Waals surface area contributed by atoms with Crippen molar-refractivity contribution in [3.05, 3.63) is 129 Å². The van der Waals surface area contributed by atoms with Crippen LogP contribution in [0.25, 0.3) is 34.2 Å². The molecule has 0 saturated carbocycles. The molecule has 1 aromatic carbocycles. The van der Waals surface area contributed by atoms with E-state index in [0.29, 0.717) is 34.7 Å². The van der Waals surface area contributed by atoms with Crippen molar-refractivity contribution in [3.8, 4) is 34.2 Å². The standard InChI is InChI=1S/C30H21N11/c1-2-6-22(7-3-1)41(27-10-8-23(25-20-31-14-16-33-25)29(37-27)39-18-4-12-35-39)28-11-9-24(26-21-32-15-17-34-26)30(38-28)40-19-5-13-36-40/h1-21H. The van der Waals surface area contributed by atoms with Crippen molar-refractivity contribution in [3.63, 3.8) is 0 Å². The SMILES string of the molecule is c1ccc(N(c2ccc(-c3cnccn3)c(-n3cccn3)n2)c2ccc(-c3cnccn3)c(-n3cccn3)n2)cc1. The maximum atomic E-state index is 5.09. The number of aromatic nitrogens is 10. The number of hydrogen-bond acceptors (Lipinski definition) is 9. The Labute approximate surface area is 234 Å². The molecule has 6 heterocycles. The topological polar surface area (TPSA) is 116 Å². The number of pyridine rings is 2. The van der Waals surface area contributed by atoms with E-state index in [4.69, 9.17) is 9.97 Å². The smallest absolute Gasteiger partial charge is 0.165 e. The lowest BCUT2D eigenvalue weighted by molar-refractivity contribution is 0.840. The Morgan fingerprint density at radius 2 is 1.05 bits per heavy atom. The maximum Gasteiger partial charge on any atom is 0.165 e. The van der Waals surface area contributed by atoms with Crippen LogP contribution in [0.5, 0.6) is 0 Å². The Hall–Kier alpha value is -6.10. The molecule has 196 valence electrons. The lowest BCUT2D eigenvalue weighted by atomic mass is 10.1. The predicted molar refractivity (Wildman–Crippen MR) is 153 cm³/mol. The van der Waals surface area contributed by atoms with E-state index in [1.807, 2.05) is 84.0 Å². The summed E-state index contributed by atoms with van der Waals surface area (Å²) in [6.07, 6.45) is 17.2. The van der Waals surface area contributed by atoms with Crippen LogP contribution in [0.15, 0.2) is 129 Å². The number of benzene rings is 1. The van der Waals surface area contributed by atoms with Gasteiger partial charge in [-0.2, -0.15) is 10.2 Å². The zero-order valence-corrected chi connectivity index (χ0v) is 21.5. The molecule has 11 heteroatoms. The number of hydrogen-bond donors (Lipinski definition) is 0. The summed E-state index contributed by atoms with van der Waals surface area (Å²) >= 11 is 0. The molecule has 0 saturated heterocycles. The normalized spacial score (nSPS) is 10.9. The van der Waals surface area contributed by atoms with Crippen molar-refractivity contribution in [2.45, 2.75) is 0 Å². The molecular formula is C30H21N11. The van der Waals surface area contributed by atoms with Crippen LogP contribution in [-0.2, 0) is 0 Å². The van der Waals surface area contributed by atoms with Gasteiger partial charge in [-0.1, -0.05) is 18.2 Å². The van der Waals surface area contributed by atoms with Gasteiger partial charge in [-0.25, -0.2) is 19.3 Å². The van der Waals surface area contributed by atoms with Crippen molar-refractivity contribution in [2.24, 2.45) is 0 Å². The zero-order chi connectivity index (χ0) is 27.4. The number of para-hydroxylation sites is 1. The highest BCUT2D eigenvalue weighted by Crippen LogP contribution is 2.36. The average molecular weight is 536 g/mol. The van der Waals surface area contributed by atoms with Gasteiger partial charge in [0, 0.05) is 66.4 Å². The molecule has 0 N–H and O–H groups in total. The van der Waals surface area contributed by atoms with E-state index >= 15 is 0 Å². The van der Waals surface area contributed by atoms with Gasteiger partial charge < -0.3 is 0 Å². The molecule has 0 aliphatic heterocycles. The first kappa shape index (κ1) is 24.0. The fraction of sp³-hybridized carbons (Fsp3) is 0. The zero-order valence-electron chi connectivity index (χ0n) is 21.5. The van der Waals surface area contributed by atoms with Crippen molar-refractivity contribution < 1.29 is 0 Å². The summed E-state index contributed by atoms with van der Waals surface area (Å²) in [5.74, 6) is 2.50. The van der Waals surface area contributed by atoms with E-state index in [0.717, 1.165) is 16.8 Å². The summed E-state index contributed by atoms with van der Waals surface area (Å²) in [6.45, 7) is 0. The Bertz CT molecular complexity index is 1750. The first-order valence-electron chi connectivity index (χ1n) is 12.8. The highest BCUT2D eigenvalue weighted by Gasteiger charge is 2.21.